The Morgan fingerprint density at radius 2 is 0.868 bits per heavy atom. The summed E-state index contributed by atoms with van der Waals surface area (Å²) in [5, 5.41) is 4.94. The second-order valence-electron chi connectivity index (χ2n) is 14.6. The van der Waals surface area contributed by atoms with Crippen molar-refractivity contribution in [2.45, 2.75) is 19.3 Å². The normalized spacial score (nSPS) is 12.9. The van der Waals surface area contributed by atoms with Crippen LogP contribution in [0.1, 0.15) is 25.0 Å². The third-order valence-corrected chi connectivity index (χ3v) is 11.1. The lowest BCUT2D eigenvalue weighted by atomic mass is 9.81. The van der Waals surface area contributed by atoms with Crippen LogP contribution in [-0.4, -0.2) is 9.97 Å². The lowest BCUT2D eigenvalue weighted by Gasteiger charge is -2.22. The highest BCUT2D eigenvalue weighted by Gasteiger charge is 2.36. The highest BCUT2D eigenvalue weighted by atomic mass is 14.9. The van der Waals surface area contributed by atoms with Crippen LogP contribution in [0, 0.1) is 0 Å². The van der Waals surface area contributed by atoms with Crippen LogP contribution in [-0.2, 0) is 5.41 Å². The second-order valence-corrected chi connectivity index (χ2v) is 14.6. The molecule has 0 bridgehead atoms. The first-order valence-electron chi connectivity index (χ1n) is 18.3. The van der Waals surface area contributed by atoms with E-state index in [0.717, 1.165) is 28.1 Å². The summed E-state index contributed by atoms with van der Waals surface area (Å²) in [6.45, 7) is 4.71. The smallest absolute Gasteiger partial charge is 0.160 e. The molecule has 8 aromatic carbocycles. The molecule has 0 amide bonds. The quantitative estimate of drug-likeness (QED) is 0.181. The van der Waals surface area contributed by atoms with Crippen molar-refractivity contribution in [3.05, 3.63) is 193 Å². The molecule has 1 heterocycles. The van der Waals surface area contributed by atoms with Crippen molar-refractivity contribution >= 4 is 21.5 Å². The van der Waals surface area contributed by atoms with Crippen molar-refractivity contribution in [1.82, 2.24) is 9.97 Å². The molecule has 0 aliphatic heterocycles. The minimum atomic E-state index is -0.0673. The van der Waals surface area contributed by atoms with Gasteiger partial charge in [-0.15, -0.1) is 0 Å². The minimum Gasteiger partial charge on any atom is -0.228 e. The molecule has 0 radical (unpaired) electrons. The van der Waals surface area contributed by atoms with E-state index in [0.29, 0.717) is 5.82 Å². The van der Waals surface area contributed by atoms with Gasteiger partial charge in [-0.25, -0.2) is 9.97 Å². The molecular formula is C51H36N2. The highest BCUT2D eigenvalue weighted by molar-refractivity contribution is 6.05. The number of hydrogen-bond acceptors (Lipinski definition) is 2. The highest BCUT2D eigenvalue weighted by Crippen LogP contribution is 2.51. The van der Waals surface area contributed by atoms with E-state index < -0.39 is 0 Å². The predicted octanol–water partition coefficient (Wildman–Crippen LogP) is 13.4. The number of rotatable bonds is 5. The first-order valence-corrected chi connectivity index (χ1v) is 18.3. The Morgan fingerprint density at radius 1 is 0.340 bits per heavy atom. The van der Waals surface area contributed by atoms with Crippen LogP contribution in [0.25, 0.3) is 88.8 Å². The molecule has 0 spiro atoms. The van der Waals surface area contributed by atoms with E-state index in [2.05, 4.69) is 178 Å². The van der Waals surface area contributed by atoms with Gasteiger partial charge in [-0.3, -0.25) is 0 Å². The molecule has 2 heteroatoms. The molecule has 0 atom stereocenters. The maximum absolute atomic E-state index is 5.22. The maximum Gasteiger partial charge on any atom is 0.160 e. The van der Waals surface area contributed by atoms with Gasteiger partial charge in [0, 0.05) is 22.1 Å². The van der Waals surface area contributed by atoms with Crippen LogP contribution in [0.15, 0.2) is 182 Å². The fraction of sp³-hybridized carbons (Fsp3) is 0.0588. The Kier molecular flexibility index (Phi) is 7.19. The molecule has 1 aliphatic rings. The van der Waals surface area contributed by atoms with Crippen LogP contribution in [0.2, 0.25) is 0 Å². The lowest BCUT2D eigenvalue weighted by molar-refractivity contribution is 0.661. The molecule has 9 aromatic rings. The third kappa shape index (κ3) is 5.26. The monoisotopic (exact) mass is 676 g/mol. The van der Waals surface area contributed by atoms with Crippen molar-refractivity contribution in [3.63, 3.8) is 0 Å². The molecule has 0 unspecified atom stereocenters. The van der Waals surface area contributed by atoms with Crippen molar-refractivity contribution in [3.8, 4) is 67.3 Å². The van der Waals surface area contributed by atoms with E-state index in [1.54, 1.807) is 0 Å². The van der Waals surface area contributed by atoms with Crippen LogP contribution in [0.4, 0.5) is 0 Å². The topological polar surface area (TPSA) is 25.8 Å². The number of aromatic nitrogens is 2. The van der Waals surface area contributed by atoms with Gasteiger partial charge in [0.15, 0.2) is 5.82 Å². The first-order chi connectivity index (χ1) is 26.0. The van der Waals surface area contributed by atoms with Crippen LogP contribution in [0.3, 0.4) is 0 Å². The molecule has 1 aliphatic carbocycles. The van der Waals surface area contributed by atoms with E-state index in [9.17, 15) is 0 Å². The number of benzene rings is 8. The lowest BCUT2D eigenvalue weighted by Crippen LogP contribution is -2.14. The number of nitrogens with zero attached hydrogens (tertiary/aromatic N) is 2. The van der Waals surface area contributed by atoms with Gasteiger partial charge >= 0.3 is 0 Å². The molecule has 53 heavy (non-hydrogen) atoms. The zero-order valence-corrected chi connectivity index (χ0v) is 29.7. The van der Waals surface area contributed by atoms with Gasteiger partial charge in [-0.1, -0.05) is 172 Å². The zero-order chi connectivity index (χ0) is 35.5. The van der Waals surface area contributed by atoms with Crippen LogP contribution >= 0.6 is 0 Å². The largest absolute Gasteiger partial charge is 0.228 e. The summed E-state index contributed by atoms with van der Waals surface area (Å²) < 4.78 is 0. The van der Waals surface area contributed by atoms with E-state index >= 15 is 0 Å². The third-order valence-electron chi connectivity index (χ3n) is 11.1. The molecule has 10 rings (SSSR count). The van der Waals surface area contributed by atoms with Crippen LogP contribution < -0.4 is 0 Å². The van der Waals surface area contributed by atoms with Gasteiger partial charge in [-0.2, -0.15) is 0 Å². The van der Waals surface area contributed by atoms with Crippen molar-refractivity contribution in [1.29, 1.82) is 0 Å². The molecule has 0 saturated heterocycles. The van der Waals surface area contributed by atoms with E-state index in [-0.39, 0.29) is 5.41 Å². The summed E-state index contributed by atoms with van der Waals surface area (Å²) in [6, 6.07) is 65.4. The Bertz CT molecular complexity index is 2830. The SMILES string of the molecule is CC1(C)c2ccc(-c3ccc(-c4cc(-c5ccc(-c6ccccc6)cc5)nc(-c5ccccc5)n4)c4ccccc34)cc2-c2cc3ccccc3cc21. The summed E-state index contributed by atoms with van der Waals surface area (Å²) >= 11 is 0. The molecule has 1 aromatic heterocycles. The predicted molar refractivity (Wildman–Crippen MR) is 222 cm³/mol. The molecule has 0 saturated carbocycles. The van der Waals surface area contributed by atoms with E-state index in [1.165, 1.54) is 66.1 Å². The average molecular weight is 677 g/mol. The number of fused-ring (bicyclic) bond motifs is 5. The van der Waals surface area contributed by atoms with E-state index in [1.807, 2.05) is 18.2 Å². The minimum absolute atomic E-state index is 0.0673. The standard InChI is InChI=1S/C51H36N2/c1-51(2)46-28-25-39(30-44(46)45-29-37-17-9-10-18-38(37)31-47(45)51)40-26-27-43(42-20-12-11-19-41(40)42)49-32-48(52-50(53-49)36-15-7-4-8-16-36)35-23-21-34(22-24-35)33-13-5-3-6-14-33/h3-32H,1-2H3. The second kappa shape index (κ2) is 12.3. The van der Waals surface area contributed by atoms with Gasteiger partial charge in [0.1, 0.15) is 0 Å². The Hall–Kier alpha value is -6.64. The van der Waals surface area contributed by atoms with Gasteiger partial charge in [0.2, 0.25) is 0 Å². The zero-order valence-electron chi connectivity index (χ0n) is 29.7. The Balaban J connectivity index is 1.11. The summed E-state index contributed by atoms with van der Waals surface area (Å²) in [7, 11) is 0. The van der Waals surface area contributed by atoms with Gasteiger partial charge in [0.25, 0.3) is 0 Å². The van der Waals surface area contributed by atoms with E-state index in [4.69, 9.17) is 9.97 Å². The van der Waals surface area contributed by atoms with Gasteiger partial charge in [0.05, 0.1) is 11.4 Å². The van der Waals surface area contributed by atoms with Gasteiger partial charge < -0.3 is 0 Å². The fourth-order valence-corrected chi connectivity index (χ4v) is 8.29. The molecule has 250 valence electrons. The summed E-state index contributed by atoms with van der Waals surface area (Å²) in [4.78, 5) is 10.3. The summed E-state index contributed by atoms with van der Waals surface area (Å²) in [5.74, 6) is 0.714. The number of hydrogen-bond donors (Lipinski definition) is 0. The fourth-order valence-electron chi connectivity index (χ4n) is 8.29. The van der Waals surface area contributed by atoms with Gasteiger partial charge in [-0.05, 0) is 90.3 Å². The van der Waals surface area contributed by atoms with Crippen LogP contribution in [0.5, 0.6) is 0 Å². The summed E-state index contributed by atoms with van der Waals surface area (Å²) in [6.07, 6.45) is 0. The molecule has 0 fully saturated rings. The van der Waals surface area contributed by atoms with Crippen molar-refractivity contribution in [2.24, 2.45) is 0 Å². The molecule has 2 nitrogen and oxygen atoms in total. The van der Waals surface area contributed by atoms with Crippen molar-refractivity contribution < 1.29 is 0 Å². The Labute approximate surface area is 310 Å². The molecule has 0 N–H and O–H groups in total. The molecular weight excluding hydrogens is 641 g/mol. The first kappa shape index (κ1) is 31.1. The summed E-state index contributed by atoms with van der Waals surface area (Å²) in [5.41, 5.74) is 15.1. The van der Waals surface area contributed by atoms with Crippen molar-refractivity contribution in [2.75, 3.05) is 0 Å². The average Bonchev–Trinajstić information content (AvgIpc) is 3.44. The maximum atomic E-state index is 5.22. The Morgan fingerprint density at radius 3 is 1.60 bits per heavy atom.